The summed E-state index contributed by atoms with van der Waals surface area (Å²) < 4.78 is 117. The highest BCUT2D eigenvalue weighted by Gasteiger charge is 3.01. The molecule has 0 N–H and O–H groups in total. The van der Waals surface area contributed by atoms with Gasteiger partial charge < -0.3 is 66.4 Å². The van der Waals surface area contributed by atoms with Crippen molar-refractivity contribution in [3.63, 3.8) is 0 Å². The van der Waals surface area contributed by atoms with Gasteiger partial charge in [-0.1, -0.05) is 79.2 Å². The molecule has 0 aromatic carbocycles. The van der Waals surface area contributed by atoms with Crippen LogP contribution in [0.2, 0.25) is 0 Å². The predicted molar refractivity (Wildman–Crippen MR) is 600 cm³/mol. The summed E-state index contributed by atoms with van der Waals surface area (Å²) in [5.74, 6) is 1.07. The van der Waals surface area contributed by atoms with E-state index in [1.54, 1.807) is 49.1 Å². The highest BCUT2D eigenvalue weighted by Crippen LogP contribution is 3.18. The lowest BCUT2D eigenvalue weighted by Gasteiger charge is -2.88. The monoisotopic (exact) mass is 2210 g/mol. The van der Waals surface area contributed by atoms with Crippen molar-refractivity contribution in [2.24, 2.45) is 62.6 Å². The number of hydrogen-bond donors (Lipinski definition) is 10. The number of hydrogen-bond acceptors (Lipinski definition) is 30. The van der Waals surface area contributed by atoms with Crippen molar-refractivity contribution in [3.8, 4) is 0 Å². The highest BCUT2D eigenvalue weighted by atomic mass is 33.8. The minimum absolute atomic E-state index is 0.152. The maximum absolute atomic E-state index is 8.50. The molecule has 40 heteroatoms. The standard InChI is InChI=1S/C85H172O15S20Si5/c1-24-67(22)45-46-73(116(106,111-101)80(62-68-47-52-75(80,25-2)57-68)121(86-30-7,87-31-8)88-32-9)74(23,117(107,112-102)81(63-69-48-53-76(81,26-3)58-69)122(89-33-10,90-34-11)91-35-12)85(118(108,113-103)82(64-70-49-54-77(82,27-4)59-70)123(92-36-13,93-37-14)94-38-15,119(109,114-104)83(65-71-50-55-78(83,28-5)60-71)124(95-39-16,96-40-17)97-41-18)120(110,115-105)84(66-72-51-56-79(84,29-6)61-72)125(98-42-19,99-43-20)100-44-21/h67-73,101-110H,24-66H2,1-23H3. The van der Waals surface area contributed by atoms with Gasteiger partial charge in [0.2, 0.25) is 0 Å². The molecule has 10 saturated carbocycles. The molecule has 0 amide bonds. The molecule has 10 fully saturated rings. The van der Waals surface area contributed by atoms with Crippen molar-refractivity contribution in [3.05, 3.63) is 0 Å². The zero-order valence-electron chi connectivity index (χ0n) is 80.6. The lowest BCUT2D eigenvalue weighted by Crippen LogP contribution is -2.84. The van der Waals surface area contributed by atoms with Crippen molar-refractivity contribution in [1.29, 1.82) is 0 Å². The average Bonchev–Trinajstić information content (AvgIpc) is 1.59. The average molecular weight is 2220 g/mol. The molecule has 15 nitrogen and oxygen atoms in total. The van der Waals surface area contributed by atoms with Gasteiger partial charge in [0.25, 0.3) is 0 Å². The largest absolute Gasteiger partial charge is 0.518 e. The lowest BCUT2D eigenvalue weighted by molar-refractivity contribution is 0.0325. The molecule has 23 atom stereocenters. The van der Waals surface area contributed by atoms with Crippen LogP contribution in [0.15, 0.2) is 0 Å². The maximum Gasteiger partial charge on any atom is 0.518 e. The number of thiol groups is 10. The van der Waals surface area contributed by atoms with E-state index in [0.717, 1.165) is 148 Å². The summed E-state index contributed by atoms with van der Waals surface area (Å²) in [4.78, 5) is 0. The minimum atomic E-state index is -4.65. The molecule has 10 aliphatic rings. The normalized spacial score (nSPS) is 37.9. The van der Waals surface area contributed by atoms with E-state index in [-0.39, 0.29) is 35.5 Å². The van der Waals surface area contributed by atoms with E-state index >= 15 is 0 Å². The second-order valence-corrected chi connectivity index (χ2v) is 96.0. The Morgan fingerprint density at radius 3 is 0.656 bits per heavy atom. The van der Waals surface area contributed by atoms with Gasteiger partial charge in [-0.15, -0.1) is 133 Å². The molecule has 0 saturated heterocycles. The maximum atomic E-state index is 8.50. The van der Waals surface area contributed by atoms with Crippen molar-refractivity contribution in [2.75, 3.05) is 99.1 Å². The third kappa shape index (κ3) is 15.6. The number of rotatable bonds is 61. The van der Waals surface area contributed by atoms with Crippen molar-refractivity contribution in [1.82, 2.24) is 0 Å². The molecule has 0 heterocycles. The predicted octanol–water partition coefficient (Wildman–Crippen LogP) is 29.9. The summed E-state index contributed by atoms with van der Waals surface area (Å²) in [6, 6.07) is 0. The Labute approximate surface area is 842 Å². The Morgan fingerprint density at radius 2 is 0.480 bits per heavy atom. The Bertz CT molecular complexity index is 3230. The highest BCUT2D eigenvalue weighted by molar-refractivity contribution is 9.49. The van der Waals surface area contributed by atoms with Crippen molar-refractivity contribution < 1.29 is 66.4 Å². The first-order valence-corrected chi connectivity index (χ1v) is 82.6. The van der Waals surface area contributed by atoms with Crippen molar-refractivity contribution in [2.45, 2.75) is 374 Å². The molecule has 125 heavy (non-hydrogen) atoms. The summed E-state index contributed by atoms with van der Waals surface area (Å²) in [6.45, 7) is 57.5. The summed E-state index contributed by atoms with van der Waals surface area (Å²) in [7, 11) is -32.7. The van der Waals surface area contributed by atoms with Crippen LogP contribution in [0.1, 0.15) is 339 Å². The molecule has 0 aromatic rings. The smallest absolute Gasteiger partial charge is 0.373 e. The molecule has 10 bridgehead atoms. The summed E-state index contributed by atoms with van der Waals surface area (Å²) >= 11 is 74.1. The second-order valence-electron chi connectivity index (χ2n) is 37.9. The van der Waals surface area contributed by atoms with E-state index in [9.17, 15) is 0 Å². The third-order valence-electron chi connectivity index (χ3n) is 34.4. The Balaban J connectivity index is 1.85. The van der Waals surface area contributed by atoms with Gasteiger partial charge in [0.15, 0.2) is 0 Å². The van der Waals surface area contributed by atoms with Crippen LogP contribution in [0.4, 0.5) is 0 Å². The van der Waals surface area contributed by atoms with Gasteiger partial charge in [-0.2, -0.15) is 0 Å². The van der Waals surface area contributed by atoms with E-state index in [0.29, 0.717) is 131 Å². The minimum Gasteiger partial charge on any atom is -0.373 e. The van der Waals surface area contributed by atoms with Crippen LogP contribution in [0.25, 0.3) is 0 Å². The summed E-state index contributed by atoms with van der Waals surface area (Å²) in [5, 5.41) is -0.695. The van der Waals surface area contributed by atoms with Crippen LogP contribution in [0.5, 0.6) is 0 Å². The molecule has 0 aliphatic heterocycles. The van der Waals surface area contributed by atoms with Crippen LogP contribution in [0.3, 0.4) is 0 Å². The molecule has 10 aliphatic carbocycles. The fourth-order valence-electron chi connectivity index (χ4n) is 30.5. The second kappa shape index (κ2) is 44.8. The van der Waals surface area contributed by atoms with Gasteiger partial charge in [0.1, 0.15) is 3.41 Å². The van der Waals surface area contributed by atoms with Crippen LogP contribution in [0, 0.1) is 62.6 Å². The van der Waals surface area contributed by atoms with Gasteiger partial charge in [-0.05, 0) is 396 Å². The van der Waals surface area contributed by atoms with Crippen LogP contribution in [-0.4, -0.2) is 178 Å². The number of fused-ring (bicyclic) bond motifs is 10. The van der Waals surface area contributed by atoms with E-state index in [1.165, 1.54) is 0 Å². The van der Waals surface area contributed by atoms with Gasteiger partial charge >= 0.3 is 44.0 Å². The van der Waals surface area contributed by atoms with Crippen LogP contribution < -0.4 is 0 Å². The zero-order chi connectivity index (χ0) is 92.6. The fourth-order valence-corrected chi connectivity index (χ4v) is 155. The van der Waals surface area contributed by atoms with E-state index in [1.807, 2.05) is 0 Å². The van der Waals surface area contributed by atoms with Crippen molar-refractivity contribution >= 4 is 250 Å². The molecule has 742 valence electrons. The Hall–Kier alpha value is 7.48. The first kappa shape index (κ1) is 114. The first-order chi connectivity index (χ1) is 59.5. The zero-order valence-corrected chi connectivity index (χ0v) is 103. The molecule has 0 radical (unpaired) electrons. The van der Waals surface area contributed by atoms with Gasteiger partial charge in [-0.3, -0.25) is 0 Å². The SMILES string of the molecule is CCO[Si](OCC)(OCC)C1(S(S)(SS)C(CCC(C)CC)C(C)(C(S(S)(SS)C2([Si](OCC)(OCC)OCC)CC3CCC2(CC)C3)(S(S)(SS)C2([Si](OCC)(OCC)OCC)CC3CCC2(CC)C3)S(S)(SS)C2([Si](OCC)(OCC)OCC)CC3CCC2(CC)C3)S(S)(SS)C2([Si](OCC)(OCC)OCC)CC3CCC2(CC)C3)CC2CCC1(CC)C2. The van der Waals surface area contributed by atoms with E-state index < -0.39 is 147 Å². The molecule has 0 aromatic heterocycles. The lowest BCUT2D eigenvalue weighted by atomic mass is 9.80. The molecule has 10 rings (SSSR count). The van der Waals surface area contributed by atoms with Crippen LogP contribution >= 0.6 is 206 Å². The van der Waals surface area contributed by atoms with Gasteiger partial charge in [0.05, 0.1) is 26.6 Å². The topological polar surface area (TPSA) is 138 Å². The fraction of sp³-hybridized carbons (Fsp3) is 1.00. The molecule has 23 unspecified atom stereocenters. The molecular formula is C85H172O15S20Si5. The quantitative estimate of drug-likeness (QED) is 0.0160. The Kier molecular flexibility index (Phi) is 41.0. The van der Waals surface area contributed by atoms with E-state index in [2.05, 4.69) is 159 Å². The van der Waals surface area contributed by atoms with Crippen LogP contribution in [-0.2, 0) is 66.4 Å². The molecular weight excluding hydrogens is 2040 g/mol. The van der Waals surface area contributed by atoms with Gasteiger partial charge in [-0.25, -0.2) is 0 Å². The van der Waals surface area contributed by atoms with Gasteiger partial charge in [0, 0.05) is 104 Å². The Morgan fingerprint density at radius 1 is 0.288 bits per heavy atom. The first-order valence-electron chi connectivity index (χ1n) is 48.5. The third-order valence-corrected chi connectivity index (χ3v) is 130. The summed E-state index contributed by atoms with van der Waals surface area (Å²) in [5.41, 5.74) is -3.06. The van der Waals surface area contributed by atoms with E-state index in [4.69, 9.17) is 183 Å². The summed E-state index contributed by atoms with van der Waals surface area (Å²) in [6.07, 6.45) is 23.3. The molecule has 0 spiro atoms.